The molecule has 2 atom stereocenters. The van der Waals surface area contributed by atoms with Gasteiger partial charge in [-0.05, 0) is 81.3 Å². The van der Waals surface area contributed by atoms with E-state index in [9.17, 15) is 9.59 Å². The second-order valence-corrected chi connectivity index (χ2v) is 9.02. The molecule has 3 aromatic rings. The van der Waals surface area contributed by atoms with E-state index < -0.39 is 0 Å². The van der Waals surface area contributed by atoms with E-state index in [0.717, 1.165) is 42.5 Å². The lowest BCUT2D eigenvalue weighted by Crippen LogP contribution is -2.41. The molecule has 6 heteroatoms. The summed E-state index contributed by atoms with van der Waals surface area (Å²) in [6, 6.07) is 15.3. The van der Waals surface area contributed by atoms with Gasteiger partial charge in [-0.25, -0.2) is 4.98 Å². The fourth-order valence-corrected chi connectivity index (χ4v) is 4.69. The number of nitrogens with zero attached hydrogens (tertiary/aromatic N) is 2. The molecular formula is C26H29N3O3. The Kier molecular flexibility index (Phi) is 5.68. The Balaban J connectivity index is 1.33. The van der Waals surface area contributed by atoms with Crippen molar-refractivity contribution >= 4 is 22.9 Å². The maximum absolute atomic E-state index is 13.5. The Labute approximate surface area is 188 Å². The molecule has 0 radical (unpaired) electrons. The predicted molar refractivity (Wildman–Crippen MR) is 123 cm³/mol. The van der Waals surface area contributed by atoms with Crippen LogP contribution in [0, 0.1) is 11.8 Å². The number of para-hydroxylation sites is 2. The van der Waals surface area contributed by atoms with E-state index >= 15 is 0 Å². The zero-order chi connectivity index (χ0) is 22.1. The molecule has 2 amide bonds. The molecule has 6 nitrogen and oxygen atoms in total. The van der Waals surface area contributed by atoms with E-state index in [1.165, 1.54) is 12.8 Å². The Morgan fingerprint density at radius 1 is 1.06 bits per heavy atom. The molecule has 2 fully saturated rings. The zero-order valence-corrected chi connectivity index (χ0v) is 18.4. The van der Waals surface area contributed by atoms with Crippen molar-refractivity contribution in [3.63, 3.8) is 0 Å². The summed E-state index contributed by atoms with van der Waals surface area (Å²) in [6.07, 6.45) is 4.87. The van der Waals surface area contributed by atoms with Crippen LogP contribution in [0.25, 0.3) is 22.6 Å². The number of carbonyl (C=O) groups excluding carboxylic acids is 2. The van der Waals surface area contributed by atoms with E-state index in [0.29, 0.717) is 23.9 Å². The van der Waals surface area contributed by atoms with E-state index in [-0.39, 0.29) is 23.8 Å². The minimum Gasteiger partial charge on any atom is -0.436 e. The molecule has 2 aliphatic rings. The van der Waals surface area contributed by atoms with Crippen molar-refractivity contribution < 1.29 is 14.0 Å². The number of rotatable bonds is 7. The average Bonchev–Trinajstić information content (AvgIpc) is 3.33. The van der Waals surface area contributed by atoms with Gasteiger partial charge in [0.05, 0.1) is 0 Å². The monoisotopic (exact) mass is 431 g/mol. The molecule has 0 unspecified atom stereocenters. The summed E-state index contributed by atoms with van der Waals surface area (Å²) in [7, 11) is 0. The first-order valence-corrected chi connectivity index (χ1v) is 11.7. The van der Waals surface area contributed by atoms with E-state index in [2.05, 4.69) is 10.3 Å². The van der Waals surface area contributed by atoms with Crippen LogP contribution in [0.2, 0.25) is 0 Å². The predicted octanol–water partition coefficient (Wildman–Crippen LogP) is 4.65. The van der Waals surface area contributed by atoms with E-state index in [1.54, 1.807) is 0 Å². The van der Waals surface area contributed by atoms with Gasteiger partial charge >= 0.3 is 0 Å². The molecule has 166 valence electrons. The van der Waals surface area contributed by atoms with Crippen LogP contribution in [-0.4, -0.2) is 40.8 Å². The third-order valence-corrected chi connectivity index (χ3v) is 6.65. The molecule has 2 aliphatic carbocycles. The lowest BCUT2D eigenvalue weighted by Gasteiger charge is -2.29. The number of amides is 2. The van der Waals surface area contributed by atoms with Crippen molar-refractivity contribution in [2.45, 2.75) is 45.1 Å². The molecule has 5 rings (SSSR count). The maximum atomic E-state index is 13.5. The van der Waals surface area contributed by atoms with Gasteiger partial charge in [0.1, 0.15) is 5.52 Å². The van der Waals surface area contributed by atoms with Crippen LogP contribution >= 0.6 is 0 Å². The first-order valence-electron chi connectivity index (χ1n) is 11.7. The summed E-state index contributed by atoms with van der Waals surface area (Å²) in [6.45, 7) is 3.38. The fraction of sp³-hybridized carbons (Fsp3) is 0.423. The van der Waals surface area contributed by atoms with Crippen LogP contribution in [-0.2, 0) is 4.79 Å². The van der Waals surface area contributed by atoms with Crippen molar-refractivity contribution in [3.8, 4) is 11.5 Å². The molecular weight excluding hydrogens is 402 g/mol. The number of hydrogen-bond acceptors (Lipinski definition) is 4. The molecule has 0 spiro atoms. The Bertz CT molecular complexity index is 1080. The maximum Gasteiger partial charge on any atom is 0.254 e. The first kappa shape index (κ1) is 20.7. The molecule has 0 saturated heterocycles. The van der Waals surface area contributed by atoms with Gasteiger partial charge in [0.2, 0.25) is 11.8 Å². The van der Waals surface area contributed by atoms with Crippen LogP contribution in [0.1, 0.15) is 49.4 Å². The third kappa shape index (κ3) is 4.27. The van der Waals surface area contributed by atoms with Crippen LogP contribution in [0.5, 0.6) is 0 Å². The summed E-state index contributed by atoms with van der Waals surface area (Å²) in [5, 5.41) is 2.94. The van der Waals surface area contributed by atoms with Crippen molar-refractivity contribution in [3.05, 3.63) is 54.1 Å². The highest BCUT2D eigenvalue weighted by molar-refractivity contribution is 5.95. The standard InChI is InChI=1S/C26H29N3O3/c1-2-27-24(30)20-13-14-21(15-20)29(16-17-7-8-17)26(31)19-11-9-18(10-12-19)25-28-22-5-3-4-6-23(22)32-25/h3-6,9-12,17,20-21H,2,7-8,13-16H2,1H3,(H,27,30)/t20-,21+/m0/s1. The number of oxazole rings is 1. The molecule has 0 aliphatic heterocycles. The summed E-state index contributed by atoms with van der Waals surface area (Å²) in [5.74, 6) is 1.34. The number of carbonyl (C=O) groups is 2. The normalized spacial score (nSPS) is 20.4. The van der Waals surface area contributed by atoms with E-state index in [1.807, 2.05) is 60.4 Å². The van der Waals surface area contributed by atoms with Gasteiger partial charge in [0.15, 0.2) is 5.58 Å². The number of fused-ring (bicyclic) bond motifs is 1. The first-order chi connectivity index (χ1) is 15.6. The van der Waals surface area contributed by atoms with Gasteiger partial charge in [0.25, 0.3) is 5.91 Å². The van der Waals surface area contributed by atoms with Gasteiger partial charge in [0, 0.05) is 36.2 Å². The molecule has 32 heavy (non-hydrogen) atoms. The van der Waals surface area contributed by atoms with Crippen LogP contribution in [0.3, 0.4) is 0 Å². The van der Waals surface area contributed by atoms with Gasteiger partial charge < -0.3 is 14.6 Å². The fourth-order valence-electron chi connectivity index (χ4n) is 4.69. The van der Waals surface area contributed by atoms with Crippen LogP contribution in [0.15, 0.2) is 52.9 Å². The second kappa shape index (κ2) is 8.77. The van der Waals surface area contributed by atoms with Crippen LogP contribution in [0.4, 0.5) is 0 Å². The minimum absolute atomic E-state index is 0.0102. The quantitative estimate of drug-likeness (QED) is 0.591. The number of benzene rings is 2. The Morgan fingerprint density at radius 2 is 1.84 bits per heavy atom. The topological polar surface area (TPSA) is 75.4 Å². The largest absolute Gasteiger partial charge is 0.436 e. The lowest BCUT2D eigenvalue weighted by atomic mass is 10.1. The van der Waals surface area contributed by atoms with Gasteiger partial charge in [-0.15, -0.1) is 0 Å². The van der Waals surface area contributed by atoms with Crippen molar-refractivity contribution in [1.82, 2.24) is 15.2 Å². The molecule has 2 saturated carbocycles. The summed E-state index contributed by atoms with van der Waals surface area (Å²) in [5.41, 5.74) is 3.10. The average molecular weight is 432 g/mol. The Morgan fingerprint density at radius 3 is 2.56 bits per heavy atom. The Hall–Kier alpha value is -3.15. The summed E-state index contributed by atoms with van der Waals surface area (Å²) < 4.78 is 5.85. The highest BCUT2D eigenvalue weighted by atomic mass is 16.3. The SMILES string of the molecule is CCNC(=O)[C@H]1CC[C@@H](N(CC2CC2)C(=O)c2ccc(-c3nc4ccccc4o3)cc2)C1. The molecule has 0 bridgehead atoms. The van der Waals surface area contributed by atoms with Crippen LogP contribution < -0.4 is 5.32 Å². The van der Waals surface area contributed by atoms with Crippen molar-refractivity contribution in [1.29, 1.82) is 0 Å². The molecule has 1 N–H and O–H groups in total. The number of aromatic nitrogens is 1. The molecule has 2 aromatic carbocycles. The van der Waals surface area contributed by atoms with E-state index in [4.69, 9.17) is 4.42 Å². The molecule has 1 heterocycles. The van der Waals surface area contributed by atoms with Crippen molar-refractivity contribution in [2.24, 2.45) is 11.8 Å². The highest BCUT2D eigenvalue weighted by Crippen LogP contribution is 2.36. The zero-order valence-electron chi connectivity index (χ0n) is 18.4. The van der Waals surface area contributed by atoms with Gasteiger partial charge in [-0.3, -0.25) is 9.59 Å². The van der Waals surface area contributed by atoms with Crippen molar-refractivity contribution in [2.75, 3.05) is 13.1 Å². The number of hydrogen-bond donors (Lipinski definition) is 1. The minimum atomic E-state index is 0.0102. The van der Waals surface area contributed by atoms with Gasteiger partial charge in [-0.2, -0.15) is 0 Å². The third-order valence-electron chi connectivity index (χ3n) is 6.65. The summed E-state index contributed by atoms with van der Waals surface area (Å²) >= 11 is 0. The lowest BCUT2D eigenvalue weighted by molar-refractivity contribution is -0.124. The summed E-state index contributed by atoms with van der Waals surface area (Å²) in [4.78, 5) is 32.3. The second-order valence-electron chi connectivity index (χ2n) is 9.02. The number of nitrogens with one attached hydrogen (secondary N) is 1. The highest BCUT2D eigenvalue weighted by Gasteiger charge is 2.37. The molecule has 1 aromatic heterocycles. The van der Waals surface area contributed by atoms with Gasteiger partial charge in [-0.1, -0.05) is 12.1 Å². The smallest absolute Gasteiger partial charge is 0.254 e.